The molecule has 2 aromatic carbocycles. The van der Waals surface area contributed by atoms with E-state index in [0.717, 1.165) is 11.3 Å². The van der Waals surface area contributed by atoms with E-state index in [2.05, 4.69) is 10.5 Å². The van der Waals surface area contributed by atoms with Gasteiger partial charge >= 0.3 is 0 Å². The Bertz CT molecular complexity index is 1130. The molecule has 0 spiro atoms. The molecule has 0 saturated heterocycles. The lowest BCUT2D eigenvalue weighted by atomic mass is 10.1. The van der Waals surface area contributed by atoms with E-state index in [-0.39, 0.29) is 11.4 Å². The normalized spacial score (nSPS) is 11.0. The molecule has 0 saturated carbocycles. The number of benzene rings is 2. The molecule has 31 heavy (non-hydrogen) atoms. The molecule has 0 radical (unpaired) electrons. The molecule has 0 aliphatic carbocycles. The zero-order chi connectivity index (χ0) is 22.2. The summed E-state index contributed by atoms with van der Waals surface area (Å²) in [5.41, 5.74) is 1.58. The minimum atomic E-state index is -0.564. The minimum absolute atomic E-state index is 0.0546. The second-order valence-corrected chi connectivity index (χ2v) is 7.03. The summed E-state index contributed by atoms with van der Waals surface area (Å²) < 4.78 is 16.2. The van der Waals surface area contributed by atoms with Crippen LogP contribution in [0.15, 0.2) is 58.6 Å². The van der Waals surface area contributed by atoms with Gasteiger partial charge in [0.25, 0.3) is 5.91 Å². The molecule has 0 aliphatic rings. The molecule has 0 bridgehead atoms. The fourth-order valence-corrected chi connectivity index (χ4v) is 2.73. The zero-order valence-electron chi connectivity index (χ0n) is 17.0. The maximum Gasteiger partial charge on any atom is 0.267 e. The summed E-state index contributed by atoms with van der Waals surface area (Å²) >= 11 is 6.00. The Hall–Kier alpha value is -3.76. The number of aromatic nitrogens is 1. The lowest BCUT2D eigenvalue weighted by Gasteiger charge is -2.09. The highest BCUT2D eigenvalue weighted by atomic mass is 35.5. The first-order valence-electron chi connectivity index (χ1n) is 9.43. The predicted octanol–water partition coefficient (Wildman–Crippen LogP) is 4.95. The van der Waals surface area contributed by atoms with Gasteiger partial charge < -0.3 is 19.3 Å². The van der Waals surface area contributed by atoms with Crippen LogP contribution >= 0.6 is 11.6 Å². The lowest BCUT2D eigenvalue weighted by Crippen LogP contribution is -2.13. The topological polar surface area (TPSA) is 97.4 Å². The molecule has 1 aromatic heterocycles. The first-order valence-corrected chi connectivity index (χ1v) is 9.80. The van der Waals surface area contributed by atoms with Crippen molar-refractivity contribution in [2.24, 2.45) is 0 Å². The molecular weight excluding hydrogens is 418 g/mol. The van der Waals surface area contributed by atoms with Gasteiger partial charge in [-0.05, 0) is 61.4 Å². The van der Waals surface area contributed by atoms with Gasteiger partial charge in [0.05, 0.1) is 0 Å². The van der Waals surface area contributed by atoms with Crippen molar-refractivity contribution in [1.29, 1.82) is 5.26 Å². The van der Waals surface area contributed by atoms with Crippen LogP contribution in [0.1, 0.15) is 16.9 Å². The van der Waals surface area contributed by atoms with Gasteiger partial charge in [-0.1, -0.05) is 28.9 Å². The fraction of sp³-hybridized carbons (Fsp3) is 0.174. The molecule has 7 nitrogen and oxygen atoms in total. The van der Waals surface area contributed by atoms with Gasteiger partial charge in [-0.3, -0.25) is 4.79 Å². The van der Waals surface area contributed by atoms with Crippen molar-refractivity contribution >= 4 is 29.4 Å². The summed E-state index contributed by atoms with van der Waals surface area (Å²) in [6.45, 7) is 4.36. The van der Waals surface area contributed by atoms with Crippen LogP contribution in [-0.2, 0) is 4.79 Å². The van der Waals surface area contributed by atoms with Crippen molar-refractivity contribution < 1.29 is 18.8 Å². The second-order valence-electron chi connectivity index (χ2n) is 6.62. The Morgan fingerprint density at radius 3 is 2.42 bits per heavy atom. The van der Waals surface area contributed by atoms with Gasteiger partial charge in [-0.25, -0.2) is 0 Å². The van der Waals surface area contributed by atoms with Crippen molar-refractivity contribution in [1.82, 2.24) is 5.16 Å². The van der Waals surface area contributed by atoms with E-state index < -0.39 is 5.91 Å². The van der Waals surface area contributed by atoms with E-state index >= 15 is 0 Å². The van der Waals surface area contributed by atoms with Gasteiger partial charge in [-0.2, -0.15) is 5.26 Å². The highest BCUT2D eigenvalue weighted by Gasteiger charge is 2.12. The van der Waals surface area contributed by atoms with E-state index in [4.69, 9.17) is 25.6 Å². The van der Waals surface area contributed by atoms with E-state index in [1.165, 1.54) is 6.08 Å². The molecule has 0 unspecified atom stereocenters. The van der Waals surface area contributed by atoms with Gasteiger partial charge in [0, 0.05) is 11.1 Å². The molecule has 1 N–H and O–H groups in total. The standard InChI is InChI=1S/C23H20ClN3O4/c1-15-11-20(7-8-21(15)24)30-10-9-29-19-5-3-17(4-6-19)13-18(14-25)23(28)26-22-12-16(2)31-27-22/h3-8,11-13H,9-10H2,1-2H3,(H,26,27,28). The van der Waals surface area contributed by atoms with Crippen LogP contribution in [0.3, 0.4) is 0 Å². The van der Waals surface area contributed by atoms with Crippen LogP contribution in [0.5, 0.6) is 11.5 Å². The van der Waals surface area contributed by atoms with Gasteiger partial charge in [0.15, 0.2) is 5.82 Å². The molecule has 8 heteroatoms. The number of ether oxygens (including phenoxy) is 2. The number of halogens is 1. The third-order valence-corrected chi connectivity index (χ3v) is 4.60. The Morgan fingerprint density at radius 2 is 1.81 bits per heavy atom. The SMILES string of the molecule is Cc1cc(NC(=O)C(C#N)=Cc2ccc(OCCOc3ccc(Cl)c(C)c3)cc2)no1. The summed E-state index contributed by atoms with van der Waals surface area (Å²) in [4.78, 5) is 12.2. The average molecular weight is 438 g/mol. The number of amides is 1. The van der Waals surface area contributed by atoms with Crippen molar-refractivity contribution in [3.63, 3.8) is 0 Å². The third-order valence-electron chi connectivity index (χ3n) is 4.18. The quantitative estimate of drug-likeness (QED) is 0.304. The van der Waals surface area contributed by atoms with Crippen LogP contribution in [0.2, 0.25) is 5.02 Å². The van der Waals surface area contributed by atoms with Crippen molar-refractivity contribution in [2.75, 3.05) is 18.5 Å². The lowest BCUT2D eigenvalue weighted by molar-refractivity contribution is -0.112. The molecule has 0 atom stereocenters. The zero-order valence-corrected chi connectivity index (χ0v) is 17.8. The molecule has 1 amide bonds. The van der Waals surface area contributed by atoms with Gasteiger partial charge in [0.2, 0.25) is 0 Å². The molecule has 3 aromatic rings. The minimum Gasteiger partial charge on any atom is -0.490 e. The van der Waals surface area contributed by atoms with Crippen LogP contribution in [0.4, 0.5) is 5.82 Å². The summed E-state index contributed by atoms with van der Waals surface area (Å²) in [6, 6.07) is 16.0. The molecular formula is C23H20ClN3O4. The number of carbonyl (C=O) groups is 1. The monoisotopic (exact) mass is 437 g/mol. The number of rotatable bonds is 8. The highest BCUT2D eigenvalue weighted by Crippen LogP contribution is 2.21. The van der Waals surface area contributed by atoms with E-state index in [1.807, 2.05) is 25.1 Å². The van der Waals surface area contributed by atoms with E-state index in [0.29, 0.717) is 35.3 Å². The molecule has 158 valence electrons. The summed E-state index contributed by atoms with van der Waals surface area (Å²) in [5, 5.41) is 16.2. The Labute approximate surface area is 184 Å². The number of carbonyl (C=O) groups excluding carboxylic acids is 1. The first kappa shape index (κ1) is 21.9. The number of nitriles is 1. The number of hydrogen-bond donors (Lipinski definition) is 1. The van der Waals surface area contributed by atoms with Crippen molar-refractivity contribution in [2.45, 2.75) is 13.8 Å². The molecule has 1 heterocycles. The van der Waals surface area contributed by atoms with Crippen LogP contribution in [-0.4, -0.2) is 24.3 Å². The van der Waals surface area contributed by atoms with Crippen LogP contribution < -0.4 is 14.8 Å². The number of anilines is 1. The molecule has 0 aliphatic heterocycles. The maximum absolute atomic E-state index is 12.2. The Morgan fingerprint density at radius 1 is 1.13 bits per heavy atom. The molecule has 0 fully saturated rings. The summed E-state index contributed by atoms with van der Waals surface area (Å²) in [7, 11) is 0. The van der Waals surface area contributed by atoms with Crippen LogP contribution in [0, 0.1) is 25.2 Å². The number of nitrogens with one attached hydrogen (secondary N) is 1. The fourth-order valence-electron chi connectivity index (χ4n) is 2.61. The third kappa shape index (κ3) is 6.36. The smallest absolute Gasteiger partial charge is 0.267 e. The largest absolute Gasteiger partial charge is 0.490 e. The highest BCUT2D eigenvalue weighted by molar-refractivity contribution is 6.31. The Kier molecular flexibility index (Phi) is 7.31. The van der Waals surface area contributed by atoms with E-state index in [9.17, 15) is 10.1 Å². The molecule has 3 rings (SSSR count). The van der Waals surface area contributed by atoms with Gasteiger partial charge in [0.1, 0.15) is 42.1 Å². The van der Waals surface area contributed by atoms with Gasteiger partial charge in [-0.15, -0.1) is 0 Å². The number of aryl methyl sites for hydroxylation is 2. The Balaban J connectivity index is 1.51. The van der Waals surface area contributed by atoms with Crippen molar-refractivity contribution in [3.05, 3.63) is 76.0 Å². The number of nitrogens with zero attached hydrogens (tertiary/aromatic N) is 2. The first-order chi connectivity index (χ1) is 14.9. The average Bonchev–Trinajstić information content (AvgIpc) is 3.17. The summed E-state index contributed by atoms with van der Waals surface area (Å²) in [5.74, 6) is 1.62. The van der Waals surface area contributed by atoms with Crippen LogP contribution in [0.25, 0.3) is 6.08 Å². The number of hydrogen-bond acceptors (Lipinski definition) is 6. The summed E-state index contributed by atoms with van der Waals surface area (Å²) in [6.07, 6.45) is 1.48. The second kappa shape index (κ2) is 10.3. The van der Waals surface area contributed by atoms with E-state index in [1.54, 1.807) is 43.3 Å². The predicted molar refractivity (Wildman–Crippen MR) is 117 cm³/mol. The maximum atomic E-state index is 12.2. The van der Waals surface area contributed by atoms with Crippen molar-refractivity contribution in [3.8, 4) is 17.6 Å².